The largest absolute Gasteiger partial charge is 0.384 e. The number of imide groups is 1. The molecule has 0 atom stereocenters. The number of imidazole rings is 1. The van der Waals surface area contributed by atoms with Crippen LogP contribution in [0, 0.1) is 0 Å². The molecule has 0 unspecified atom stereocenters. The quantitative estimate of drug-likeness (QED) is 0.623. The summed E-state index contributed by atoms with van der Waals surface area (Å²) in [5, 5.41) is 2.14. The fourth-order valence-corrected chi connectivity index (χ4v) is 2.80. The van der Waals surface area contributed by atoms with E-state index >= 15 is 0 Å². The molecule has 2 aromatic heterocycles. The number of aromatic nitrogens is 3. The van der Waals surface area contributed by atoms with E-state index in [1.54, 1.807) is 24.5 Å². The summed E-state index contributed by atoms with van der Waals surface area (Å²) < 4.78 is 3.02. The van der Waals surface area contributed by atoms with Crippen molar-refractivity contribution >= 4 is 28.7 Å². The molecule has 0 radical (unpaired) electrons. The van der Waals surface area contributed by atoms with Gasteiger partial charge in [0, 0.05) is 13.1 Å². The number of nitrogens with one attached hydrogen (secondary N) is 1. The van der Waals surface area contributed by atoms with Crippen LogP contribution in [0.2, 0.25) is 0 Å². The minimum Gasteiger partial charge on any atom is -0.384 e. The molecule has 114 valence electrons. The Morgan fingerprint density at radius 3 is 2.70 bits per heavy atom. The molecule has 0 fully saturated rings. The Kier molecular flexibility index (Phi) is 2.47. The van der Waals surface area contributed by atoms with Crippen LogP contribution >= 0.6 is 0 Å². The normalized spacial score (nSPS) is 13.4. The molecule has 2 amide bonds. The number of nitrogens with two attached hydrogens (primary N) is 1. The molecule has 1 aliphatic rings. The first-order valence-corrected chi connectivity index (χ1v) is 6.80. The van der Waals surface area contributed by atoms with Crippen LogP contribution in [-0.4, -0.2) is 25.9 Å². The third-order valence-electron chi connectivity index (χ3n) is 3.92. The van der Waals surface area contributed by atoms with Crippen LogP contribution < -0.4 is 16.6 Å². The number of fused-ring (bicyclic) bond motifs is 2. The highest BCUT2D eigenvalue weighted by Crippen LogP contribution is 2.24. The highest BCUT2D eigenvalue weighted by Gasteiger charge is 2.31. The number of rotatable bonds is 1. The van der Waals surface area contributed by atoms with Crippen molar-refractivity contribution in [2.24, 2.45) is 7.05 Å². The van der Waals surface area contributed by atoms with Gasteiger partial charge in [0.15, 0.2) is 0 Å². The molecule has 23 heavy (non-hydrogen) atoms. The number of hydrogen-bond acceptors (Lipinski definition) is 5. The summed E-state index contributed by atoms with van der Waals surface area (Å²) in [6.07, 6.45) is 1.66. The summed E-state index contributed by atoms with van der Waals surface area (Å²) in [4.78, 5) is 40.1. The topological polar surface area (TPSA) is 112 Å². The van der Waals surface area contributed by atoms with E-state index in [1.807, 2.05) is 11.6 Å². The van der Waals surface area contributed by atoms with Crippen LogP contribution in [0.25, 0.3) is 16.7 Å². The van der Waals surface area contributed by atoms with Gasteiger partial charge in [-0.05, 0) is 18.2 Å². The van der Waals surface area contributed by atoms with Crippen molar-refractivity contribution < 1.29 is 9.59 Å². The molecule has 0 spiro atoms. The molecule has 0 saturated carbocycles. The molecule has 3 aromatic rings. The summed E-state index contributed by atoms with van der Waals surface area (Å²) in [5.74, 6) is -1.27. The van der Waals surface area contributed by atoms with Crippen molar-refractivity contribution in [3.8, 4) is 5.69 Å². The van der Waals surface area contributed by atoms with Gasteiger partial charge < -0.3 is 10.3 Å². The predicted octanol–water partition coefficient (Wildman–Crippen LogP) is 0.190. The maximum atomic E-state index is 12.4. The monoisotopic (exact) mass is 309 g/mol. The third-order valence-corrected chi connectivity index (χ3v) is 3.92. The lowest BCUT2D eigenvalue weighted by molar-refractivity contribution is 0.0880. The van der Waals surface area contributed by atoms with Crippen molar-refractivity contribution in [1.29, 1.82) is 0 Å². The molecule has 1 aliphatic heterocycles. The number of carbonyl (C=O) groups is 2. The number of nitrogens with zero attached hydrogens (tertiary/aromatic N) is 3. The molecule has 3 N–H and O–H groups in total. The Labute approximate surface area is 129 Å². The molecular weight excluding hydrogens is 298 g/mol. The fraction of sp³-hybridized carbons (Fsp3) is 0.0667. The SMILES string of the molecule is Cn1cnc2ccc(-n3c(N)c4c(cc3=O)C(=O)NC4=O)cc21. The average Bonchev–Trinajstić information content (AvgIpc) is 3.00. The van der Waals surface area contributed by atoms with Crippen LogP contribution in [0.1, 0.15) is 20.7 Å². The van der Waals surface area contributed by atoms with E-state index < -0.39 is 17.4 Å². The van der Waals surface area contributed by atoms with E-state index in [9.17, 15) is 14.4 Å². The molecule has 0 saturated heterocycles. The zero-order valence-corrected chi connectivity index (χ0v) is 12.0. The Bertz CT molecular complexity index is 1080. The smallest absolute Gasteiger partial charge is 0.262 e. The lowest BCUT2D eigenvalue weighted by Gasteiger charge is -2.12. The van der Waals surface area contributed by atoms with Gasteiger partial charge in [-0.1, -0.05) is 0 Å². The first-order valence-electron chi connectivity index (χ1n) is 6.80. The van der Waals surface area contributed by atoms with E-state index in [4.69, 9.17) is 5.73 Å². The number of aryl methyl sites for hydroxylation is 1. The summed E-state index contributed by atoms with van der Waals surface area (Å²) >= 11 is 0. The Morgan fingerprint density at radius 2 is 1.91 bits per heavy atom. The third kappa shape index (κ3) is 1.71. The van der Waals surface area contributed by atoms with Gasteiger partial charge in [-0.3, -0.25) is 24.3 Å². The van der Waals surface area contributed by atoms with Crippen LogP contribution in [-0.2, 0) is 7.05 Å². The maximum Gasteiger partial charge on any atom is 0.262 e. The zero-order chi connectivity index (χ0) is 16.3. The van der Waals surface area contributed by atoms with Crippen molar-refractivity contribution in [3.05, 3.63) is 52.1 Å². The van der Waals surface area contributed by atoms with Crippen LogP contribution in [0.3, 0.4) is 0 Å². The second-order valence-electron chi connectivity index (χ2n) is 5.30. The lowest BCUT2D eigenvalue weighted by Crippen LogP contribution is -2.24. The first-order chi connectivity index (χ1) is 11.0. The van der Waals surface area contributed by atoms with Gasteiger partial charge in [0.25, 0.3) is 17.4 Å². The second kappa shape index (κ2) is 4.29. The molecule has 0 aliphatic carbocycles. The van der Waals surface area contributed by atoms with Gasteiger partial charge >= 0.3 is 0 Å². The van der Waals surface area contributed by atoms with Gasteiger partial charge in [0.05, 0.1) is 34.2 Å². The number of carbonyl (C=O) groups excluding carboxylic acids is 2. The highest BCUT2D eigenvalue weighted by atomic mass is 16.2. The molecule has 1 aromatic carbocycles. The highest BCUT2D eigenvalue weighted by molar-refractivity contribution is 6.23. The number of nitrogen functional groups attached to an aromatic ring is 1. The van der Waals surface area contributed by atoms with Crippen LogP contribution in [0.15, 0.2) is 35.4 Å². The molecule has 8 nitrogen and oxygen atoms in total. The van der Waals surface area contributed by atoms with Gasteiger partial charge in [-0.2, -0.15) is 0 Å². The predicted molar refractivity (Wildman–Crippen MR) is 82.5 cm³/mol. The lowest BCUT2D eigenvalue weighted by atomic mass is 10.1. The van der Waals surface area contributed by atoms with E-state index in [0.29, 0.717) is 5.69 Å². The van der Waals surface area contributed by atoms with E-state index in [-0.39, 0.29) is 16.9 Å². The molecule has 4 rings (SSSR count). The Hall–Kier alpha value is -3.42. The van der Waals surface area contributed by atoms with Crippen molar-refractivity contribution in [2.45, 2.75) is 0 Å². The number of hydrogen-bond donors (Lipinski definition) is 2. The van der Waals surface area contributed by atoms with Gasteiger partial charge in [-0.15, -0.1) is 0 Å². The van der Waals surface area contributed by atoms with Gasteiger partial charge in [-0.25, -0.2) is 4.98 Å². The maximum absolute atomic E-state index is 12.4. The minimum absolute atomic E-state index is 0.00959. The van der Waals surface area contributed by atoms with Crippen molar-refractivity contribution in [2.75, 3.05) is 5.73 Å². The van der Waals surface area contributed by atoms with Crippen LogP contribution in [0.4, 0.5) is 5.82 Å². The summed E-state index contributed by atoms with van der Waals surface area (Å²) in [5.41, 5.74) is 7.65. The summed E-state index contributed by atoms with van der Waals surface area (Å²) in [7, 11) is 1.83. The summed E-state index contributed by atoms with van der Waals surface area (Å²) in [6, 6.07) is 6.32. The first kappa shape index (κ1) is 13.3. The van der Waals surface area contributed by atoms with E-state index in [1.165, 1.54) is 4.57 Å². The number of anilines is 1. The summed E-state index contributed by atoms with van der Waals surface area (Å²) in [6.45, 7) is 0. The van der Waals surface area contributed by atoms with Gasteiger partial charge in [0.1, 0.15) is 5.82 Å². The van der Waals surface area contributed by atoms with E-state index in [2.05, 4.69) is 10.3 Å². The second-order valence-corrected chi connectivity index (χ2v) is 5.30. The number of pyridine rings is 1. The number of benzene rings is 1. The fourth-order valence-electron chi connectivity index (χ4n) is 2.80. The Balaban J connectivity index is 2.04. The molecule has 0 bridgehead atoms. The van der Waals surface area contributed by atoms with Gasteiger partial charge in [0.2, 0.25) is 0 Å². The van der Waals surface area contributed by atoms with Crippen molar-refractivity contribution in [3.63, 3.8) is 0 Å². The van der Waals surface area contributed by atoms with Crippen molar-refractivity contribution in [1.82, 2.24) is 19.4 Å². The molecule has 3 heterocycles. The number of amides is 2. The molecule has 8 heteroatoms. The zero-order valence-electron chi connectivity index (χ0n) is 12.0. The average molecular weight is 309 g/mol. The Morgan fingerprint density at radius 1 is 1.13 bits per heavy atom. The van der Waals surface area contributed by atoms with E-state index in [0.717, 1.165) is 17.1 Å². The standard InChI is InChI=1S/C15H11N5O3/c1-19-6-17-9-3-2-7(4-10(9)19)20-11(21)5-8-12(13(20)16)15(23)18-14(8)22/h2-6H,16H2,1H3,(H,18,22,23). The minimum atomic E-state index is -0.608. The molecular formula is C15H11N5O3. The van der Waals surface area contributed by atoms with Crippen LogP contribution in [0.5, 0.6) is 0 Å².